The molecule has 0 fully saturated rings. The molecule has 0 aromatic carbocycles. The number of carbonyl (C=O) groups is 1. The van der Waals surface area contributed by atoms with E-state index >= 15 is 0 Å². The second-order valence-corrected chi connectivity index (χ2v) is 4.58. The SMILES string of the molecule is CC(=O)c1ccc(N(CCOCCO)C(C)C)cn1. The summed E-state index contributed by atoms with van der Waals surface area (Å²) in [6.45, 7) is 7.34. The van der Waals surface area contributed by atoms with Gasteiger partial charge in [0.2, 0.25) is 0 Å². The fraction of sp³-hybridized carbons (Fsp3) is 0.571. The highest BCUT2D eigenvalue weighted by Crippen LogP contribution is 2.16. The van der Waals surface area contributed by atoms with E-state index in [9.17, 15) is 4.79 Å². The Hall–Kier alpha value is -1.46. The molecule has 0 spiro atoms. The summed E-state index contributed by atoms with van der Waals surface area (Å²) in [7, 11) is 0. The molecule has 0 aliphatic heterocycles. The van der Waals surface area contributed by atoms with Crippen LogP contribution < -0.4 is 4.90 Å². The Kier molecular flexibility index (Phi) is 6.45. The van der Waals surface area contributed by atoms with Crippen molar-refractivity contribution < 1.29 is 14.6 Å². The highest BCUT2D eigenvalue weighted by molar-refractivity contribution is 5.92. The summed E-state index contributed by atoms with van der Waals surface area (Å²) in [5.41, 5.74) is 1.44. The molecule has 0 atom stereocenters. The van der Waals surface area contributed by atoms with E-state index < -0.39 is 0 Å². The quantitative estimate of drug-likeness (QED) is 0.571. The van der Waals surface area contributed by atoms with Gasteiger partial charge in [-0.3, -0.25) is 9.78 Å². The molecule has 0 radical (unpaired) electrons. The van der Waals surface area contributed by atoms with Gasteiger partial charge in [0.1, 0.15) is 5.69 Å². The number of aromatic nitrogens is 1. The zero-order valence-corrected chi connectivity index (χ0v) is 11.8. The molecule has 19 heavy (non-hydrogen) atoms. The number of nitrogens with zero attached hydrogens (tertiary/aromatic N) is 2. The highest BCUT2D eigenvalue weighted by atomic mass is 16.5. The van der Waals surface area contributed by atoms with Crippen LogP contribution in [-0.4, -0.2) is 48.3 Å². The average molecular weight is 266 g/mol. The van der Waals surface area contributed by atoms with Crippen molar-refractivity contribution in [3.05, 3.63) is 24.0 Å². The van der Waals surface area contributed by atoms with E-state index in [0.29, 0.717) is 24.9 Å². The first-order valence-electron chi connectivity index (χ1n) is 6.48. The van der Waals surface area contributed by atoms with Gasteiger partial charge in [-0.1, -0.05) is 0 Å². The van der Waals surface area contributed by atoms with Gasteiger partial charge in [-0.15, -0.1) is 0 Å². The lowest BCUT2D eigenvalue weighted by molar-refractivity contribution is 0.0961. The van der Waals surface area contributed by atoms with Crippen LogP contribution >= 0.6 is 0 Å². The number of aliphatic hydroxyl groups excluding tert-OH is 1. The topological polar surface area (TPSA) is 62.7 Å². The number of carbonyl (C=O) groups excluding carboxylic acids is 1. The van der Waals surface area contributed by atoms with Gasteiger partial charge in [0.05, 0.1) is 31.7 Å². The van der Waals surface area contributed by atoms with Crippen LogP contribution in [0, 0.1) is 0 Å². The Morgan fingerprint density at radius 2 is 2.16 bits per heavy atom. The fourth-order valence-corrected chi connectivity index (χ4v) is 1.78. The number of hydrogen-bond donors (Lipinski definition) is 1. The molecular formula is C14H22N2O3. The largest absolute Gasteiger partial charge is 0.394 e. The number of rotatable bonds is 8. The minimum Gasteiger partial charge on any atom is -0.394 e. The first-order chi connectivity index (χ1) is 9.06. The van der Waals surface area contributed by atoms with Crippen LogP contribution in [0.25, 0.3) is 0 Å². The molecule has 0 saturated heterocycles. The number of anilines is 1. The van der Waals surface area contributed by atoms with E-state index in [4.69, 9.17) is 9.84 Å². The van der Waals surface area contributed by atoms with Gasteiger partial charge in [0, 0.05) is 19.5 Å². The van der Waals surface area contributed by atoms with Crippen LogP contribution in [0.3, 0.4) is 0 Å². The third-order valence-electron chi connectivity index (χ3n) is 2.78. The lowest BCUT2D eigenvalue weighted by atomic mass is 10.2. The molecule has 0 aliphatic rings. The van der Waals surface area contributed by atoms with Crippen molar-refractivity contribution in [2.45, 2.75) is 26.8 Å². The molecule has 0 bridgehead atoms. The molecule has 1 aromatic heterocycles. The number of Topliss-reactive ketones (excluding diaryl/α,β-unsaturated/α-hetero) is 1. The minimum absolute atomic E-state index is 0.0334. The molecule has 1 heterocycles. The summed E-state index contributed by atoms with van der Waals surface area (Å²) >= 11 is 0. The van der Waals surface area contributed by atoms with Crippen molar-refractivity contribution in [3.8, 4) is 0 Å². The summed E-state index contributed by atoms with van der Waals surface area (Å²) in [6, 6.07) is 3.94. The lowest BCUT2D eigenvalue weighted by Gasteiger charge is -2.28. The molecule has 1 aromatic rings. The van der Waals surface area contributed by atoms with Crippen molar-refractivity contribution in [3.63, 3.8) is 0 Å². The number of ketones is 1. The number of hydrogen-bond acceptors (Lipinski definition) is 5. The molecule has 5 nitrogen and oxygen atoms in total. The molecule has 0 unspecified atom stereocenters. The zero-order valence-electron chi connectivity index (χ0n) is 11.8. The van der Waals surface area contributed by atoms with Gasteiger partial charge in [-0.25, -0.2) is 0 Å². The Balaban J connectivity index is 2.67. The molecule has 5 heteroatoms. The maximum Gasteiger partial charge on any atom is 0.178 e. The summed E-state index contributed by atoms with van der Waals surface area (Å²) < 4.78 is 5.28. The molecule has 106 valence electrons. The summed E-state index contributed by atoms with van der Waals surface area (Å²) in [5, 5.41) is 8.66. The number of pyridine rings is 1. The predicted molar refractivity (Wildman–Crippen MR) is 74.6 cm³/mol. The van der Waals surface area contributed by atoms with Gasteiger partial charge >= 0.3 is 0 Å². The van der Waals surface area contributed by atoms with Crippen LogP contribution in [0.15, 0.2) is 18.3 Å². The number of ether oxygens (including phenoxy) is 1. The van der Waals surface area contributed by atoms with Crippen molar-refractivity contribution in [1.82, 2.24) is 4.98 Å². The van der Waals surface area contributed by atoms with Gasteiger partial charge in [-0.05, 0) is 26.0 Å². The smallest absolute Gasteiger partial charge is 0.178 e. The van der Waals surface area contributed by atoms with E-state index in [2.05, 4.69) is 23.7 Å². The van der Waals surface area contributed by atoms with Crippen molar-refractivity contribution in [2.75, 3.05) is 31.3 Å². The van der Waals surface area contributed by atoms with Gasteiger partial charge in [0.25, 0.3) is 0 Å². The van der Waals surface area contributed by atoms with Crippen LogP contribution in [-0.2, 0) is 4.74 Å². The second-order valence-electron chi connectivity index (χ2n) is 4.58. The molecule has 0 amide bonds. The minimum atomic E-state index is -0.0334. The standard InChI is InChI=1S/C14H22N2O3/c1-11(2)16(6-8-19-9-7-17)13-4-5-14(12(3)18)15-10-13/h4-5,10-11,17H,6-9H2,1-3H3. The summed E-state index contributed by atoms with van der Waals surface area (Å²) in [6.07, 6.45) is 1.71. The Morgan fingerprint density at radius 1 is 1.42 bits per heavy atom. The highest BCUT2D eigenvalue weighted by Gasteiger charge is 2.11. The van der Waals surface area contributed by atoms with Gasteiger partial charge in [0.15, 0.2) is 5.78 Å². The van der Waals surface area contributed by atoms with Crippen molar-refractivity contribution in [2.24, 2.45) is 0 Å². The molecule has 0 saturated carbocycles. The number of aliphatic hydroxyl groups is 1. The Labute approximate surface area is 114 Å². The van der Waals surface area contributed by atoms with E-state index in [1.54, 1.807) is 12.3 Å². The molecule has 1 N–H and O–H groups in total. The summed E-state index contributed by atoms with van der Waals surface area (Å²) in [5.74, 6) is -0.0334. The maximum atomic E-state index is 11.2. The first-order valence-corrected chi connectivity index (χ1v) is 6.48. The van der Waals surface area contributed by atoms with Crippen molar-refractivity contribution >= 4 is 11.5 Å². The van der Waals surface area contributed by atoms with E-state index in [-0.39, 0.29) is 12.4 Å². The monoisotopic (exact) mass is 266 g/mol. The van der Waals surface area contributed by atoms with E-state index in [1.165, 1.54) is 6.92 Å². The normalized spacial score (nSPS) is 10.8. The Bertz CT molecular complexity index is 390. The van der Waals surface area contributed by atoms with Crippen LogP contribution in [0.2, 0.25) is 0 Å². The zero-order chi connectivity index (χ0) is 14.3. The lowest BCUT2D eigenvalue weighted by Crippen LogP contribution is -2.34. The van der Waals surface area contributed by atoms with E-state index in [0.717, 1.165) is 12.2 Å². The second kappa shape index (κ2) is 7.86. The van der Waals surface area contributed by atoms with Gasteiger partial charge in [-0.2, -0.15) is 0 Å². The van der Waals surface area contributed by atoms with Crippen LogP contribution in [0.4, 0.5) is 5.69 Å². The fourth-order valence-electron chi connectivity index (χ4n) is 1.78. The molecule has 0 aliphatic carbocycles. The van der Waals surface area contributed by atoms with Gasteiger partial charge < -0.3 is 14.7 Å². The first kappa shape index (κ1) is 15.6. The molecule has 1 rings (SSSR count). The third kappa shape index (κ3) is 4.96. The maximum absolute atomic E-state index is 11.2. The summed E-state index contributed by atoms with van der Waals surface area (Å²) in [4.78, 5) is 17.5. The third-order valence-corrected chi connectivity index (χ3v) is 2.78. The van der Waals surface area contributed by atoms with Crippen LogP contribution in [0.5, 0.6) is 0 Å². The average Bonchev–Trinajstić information content (AvgIpc) is 2.38. The predicted octanol–water partition coefficient (Wildman–Crippen LogP) is 1.51. The van der Waals surface area contributed by atoms with E-state index in [1.807, 2.05) is 6.07 Å². The molecular weight excluding hydrogens is 244 g/mol. The van der Waals surface area contributed by atoms with Crippen LogP contribution in [0.1, 0.15) is 31.3 Å². The van der Waals surface area contributed by atoms with Crippen molar-refractivity contribution in [1.29, 1.82) is 0 Å². The Morgan fingerprint density at radius 3 is 2.63 bits per heavy atom.